The van der Waals surface area contributed by atoms with Gasteiger partial charge in [-0.25, -0.2) is 13.1 Å². The third-order valence-corrected chi connectivity index (χ3v) is 5.99. The van der Waals surface area contributed by atoms with Crippen molar-refractivity contribution in [2.75, 3.05) is 4.72 Å². The number of benzene rings is 4. The van der Waals surface area contributed by atoms with Crippen molar-refractivity contribution >= 4 is 37.6 Å². The van der Waals surface area contributed by atoms with Crippen molar-refractivity contribution < 1.29 is 12.8 Å². The molecule has 1 N–H and O–H groups in total. The zero-order valence-corrected chi connectivity index (χ0v) is 15.9. The van der Waals surface area contributed by atoms with Gasteiger partial charge in [-0.1, -0.05) is 65.8 Å². The maximum absolute atomic E-state index is 12.7. The van der Waals surface area contributed by atoms with E-state index in [1.54, 1.807) is 18.2 Å². The van der Waals surface area contributed by atoms with Crippen LogP contribution in [-0.2, 0) is 10.0 Å². The second kappa shape index (κ2) is 6.72. The fourth-order valence-electron chi connectivity index (χ4n) is 3.21. The van der Waals surface area contributed by atoms with Gasteiger partial charge in [0.25, 0.3) is 10.0 Å². The monoisotopic (exact) mass is 401 g/mol. The van der Waals surface area contributed by atoms with Gasteiger partial charge in [0.15, 0.2) is 0 Å². The molecule has 0 aliphatic rings. The first kappa shape index (κ1) is 17.4. The molecule has 0 saturated carbocycles. The van der Waals surface area contributed by atoms with Gasteiger partial charge in [0.2, 0.25) is 5.89 Å². The van der Waals surface area contributed by atoms with Crippen molar-refractivity contribution in [2.24, 2.45) is 0 Å². The molecule has 5 rings (SSSR count). The van der Waals surface area contributed by atoms with Crippen molar-refractivity contribution in [3.63, 3.8) is 0 Å². The third kappa shape index (κ3) is 3.32. The van der Waals surface area contributed by atoms with Crippen LogP contribution in [0.1, 0.15) is 0 Å². The molecule has 4 aromatic carbocycles. The fourth-order valence-corrected chi connectivity index (χ4v) is 4.17. The molecule has 0 aliphatic carbocycles. The molecule has 1 heterocycles. The molecule has 5 aromatic rings. The maximum Gasteiger partial charge on any atom is 0.330 e. The molecular weight excluding hydrogens is 386 g/mol. The van der Waals surface area contributed by atoms with Crippen LogP contribution in [0, 0.1) is 0 Å². The van der Waals surface area contributed by atoms with E-state index in [-0.39, 0.29) is 16.8 Å². The standard InChI is InChI=1S/C22H15N3O3S/c26-29(27,20-12-11-16-6-2-4-8-18(16)14-20)25-22-24-23-21(28-22)19-10-9-15-5-1-3-7-17(15)13-19/h1-14H,(H,24,25). The lowest BCUT2D eigenvalue weighted by atomic mass is 10.1. The van der Waals surface area contributed by atoms with Crippen molar-refractivity contribution in [3.05, 3.63) is 84.9 Å². The van der Waals surface area contributed by atoms with Gasteiger partial charge in [-0.3, -0.25) is 0 Å². The Balaban J connectivity index is 1.44. The fraction of sp³-hybridized carbons (Fsp3) is 0. The highest BCUT2D eigenvalue weighted by Crippen LogP contribution is 2.26. The van der Waals surface area contributed by atoms with Gasteiger partial charge in [0.05, 0.1) is 4.90 Å². The van der Waals surface area contributed by atoms with E-state index >= 15 is 0 Å². The van der Waals surface area contributed by atoms with Crippen molar-refractivity contribution in [3.8, 4) is 11.5 Å². The molecule has 0 saturated heterocycles. The highest BCUT2D eigenvalue weighted by Gasteiger charge is 2.19. The van der Waals surface area contributed by atoms with E-state index < -0.39 is 10.0 Å². The quantitative estimate of drug-likeness (QED) is 0.466. The summed E-state index contributed by atoms with van der Waals surface area (Å²) >= 11 is 0. The Hall–Kier alpha value is -3.71. The zero-order chi connectivity index (χ0) is 19.8. The van der Waals surface area contributed by atoms with Gasteiger partial charge in [-0.2, -0.15) is 0 Å². The van der Waals surface area contributed by atoms with Crippen molar-refractivity contribution in [2.45, 2.75) is 4.90 Å². The maximum atomic E-state index is 12.7. The van der Waals surface area contributed by atoms with Gasteiger partial charge < -0.3 is 4.42 Å². The summed E-state index contributed by atoms with van der Waals surface area (Å²) in [5, 5.41) is 11.7. The highest BCUT2D eigenvalue weighted by atomic mass is 32.2. The normalized spacial score (nSPS) is 11.7. The summed E-state index contributed by atoms with van der Waals surface area (Å²) in [4.78, 5) is 0.127. The Kier molecular flexibility index (Phi) is 4.03. The summed E-state index contributed by atoms with van der Waals surface area (Å²) in [6, 6.07) is 25.9. The summed E-state index contributed by atoms with van der Waals surface area (Å²) in [5.41, 5.74) is 0.715. The first-order valence-electron chi connectivity index (χ1n) is 8.93. The van der Waals surface area contributed by atoms with Gasteiger partial charge in [-0.15, -0.1) is 5.10 Å². The molecule has 0 atom stereocenters. The number of fused-ring (bicyclic) bond motifs is 2. The van der Waals surface area contributed by atoms with Gasteiger partial charge in [0.1, 0.15) is 0 Å². The topological polar surface area (TPSA) is 85.1 Å². The molecule has 1 aromatic heterocycles. The molecule has 0 bridgehead atoms. The summed E-state index contributed by atoms with van der Waals surface area (Å²) in [7, 11) is -3.85. The number of sulfonamides is 1. The summed E-state index contributed by atoms with van der Waals surface area (Å²) < 4.78 is 33.4. The Morgan fingerprint density at radius 1 is 0.690 bits per heavy atom. The second-order valence-corrected chi connectivity index (χ2v) is 8.27. The smallest absolute Gasteiger partial charge is 0.330 e. The van der Waals surface area contributed by atoms with Crippen LogP contribution in [0.2, 0.25) is 0 Å². The van der Waals surface area contributed by atoms with Gasteiger partial charge in [-0.05, 0) is 45.8 Å². The lowest BCUT2D eigenvalue weighted by Gasteiger charge is -2.05. The summed E-state index contributed by atoms with van der Waals surface area (Å²) in [6.45, 7) is 0. The first-order valence-corrected chi connectivity index (χ1v) is 10.4. The Bertz CT molecular complexity index is 1460. The van der Waals surface area contributed by atoms with E-state index in [9.17, 15) is 8.42 Å². The van der Waals surface area contributed by atoms with E-state index in [0.717, 1.165) is 21.5 Å². The molecular formula is C22H15N3O3S. The van der Waals surface area contributed by atoms with Crippen LogP contribution in [0.4, 0.5) is 6.01 Å². The Morgan fingerprint density at radius 3 is 2.03 bits per heavy atom. The molecule has 0 radical (unpaired) electrons. The number of hydrogen-bond donors (Lipinski definition) is 1. The molecule has 7 heteroatoms. The van der Waals surface area contributed by atoms with E-state index in [1.165, 1.54) is 0 Å². The number of anilines is 1. The van der Waals surface area contributed by atoms with E-state index in [0.29, 0.717) is 5.56 Å². The van der Waals surface area contributed by atoms with Crippen LogP contribution in [-0.4, -0.2) is 18.6 Å². The summed E-state index contributed by atoms with van der Waals surface area (Å²) in [6.07, 6.45) is 0. The lowest BCUT2D eigenvalue weighted by molar-refractivity contribution is 0.577. The minimum Gasteiger partial charge on any atom is -0.403 e. The molecule has 0 spiro atoms. The Morgan fingerprint density at radius 2 is 1.31 bits per heavy atom. The third-order valence-electron chi connectivity index (χ3n) is 4.67. The predicted molar refractivity (Wildman–Crippen MR) is 112 cm³/mol. The molecule has 0 unspecified atom stereocenters. The lowest BCUT2D eigenvalue weighted by Crippen LogP contribution is -2.13. The van der Waals surface area contributed by atoms with Crippen LogP contribution in [0.5, 0.6) is 0 Å². The Labute approximate surface area is 166 Å². The molecule has 142 valence electrons. The summed E-state index contributed by atoms with van der Waals surface area (Å²) in [5.74, 6) is 0.243. The molecule has 0 fully saturated rings. The number of aromatic nitrogens is 2. The van der Waals surface area contributed by atoms with Crippen molar-refractivity contribution in [1.82, 2.24) is 10.2 Å². The highest BCUT2D eigenvalue weighted by molar-refractivity contribution is 7.92. The number of hydrogen-bond acceptors (Lipinski definition) is 5. The molecule has 0 aliphatic heterocycles. The minimum absolute atomic E-state index is 0.127. The van der Waals surface area contributed by atoms with Crippen molar-refractivity contribution in [1.29, 1.82) is 0 Å². The molecule has 29 heavy (non-hydrogen) atoms. The molecule has 0 amide bonds. The van der Waals surface area contributed by atoms with Crippen LogP contribution >= 0.6 is 0 Å². The van der Waals surface area contributed by atoms with Gasteiger partial charge >= 0.3 is 6.01 Å². The average molecular weight is 401 g/mol. The second-order valence-electron chi connectivity index (χ2n) is 6.59. The SMILES string of the molecule is O=S(=O)(Nc1nnc(-c2ccc3ccccc3c2)o1)c1ccc2ccccc2c1. The number of rotatable bonds is 4. The van der Waals surface area contributed by atoms with Crippen LogP contribution in [0.3, 0.4) is 0 Å². The van der Waals surface area contributed by atoms with Gasteiger partial charge in [0, 0.05) is 5.56 Å². The largest absolute Gasteiger partial charge is 0.403 e. The van der Waals surface area contributed by atoms with E-state index in [2.05, 4.69) is 14.9 Å². The van der Waals surface area contributed by atoms with Crippen LogP contribution in [0.15, 0.2) is 94.2 Å². The van der Waals surface area contributed by atoms with Crippen LogP contribution in [0.25, 0.3) is 33.0 Å². The zero-order valence-electron chi connectivity index (χ0n) is 15.1. The first-order chi connectivity index (χ1) is 14.1. The number of nitrogens with one attached hydrogen (secondary N) is 1. The predicted octanol–water partition coefficient (Wildman–Crippen LogP) is 4.84. The molecule has 6 nitrogen and oxygen atoms in total. The minimum atomic E-state index is -3.85. The van der Waals surface area contributed by atoms with E-state index in [1.807, 2.05) is 66.7 Å². The van der Waals surface area contributed by atoms with Crippen LogP contribution < -0.4 is 4.72 Å². The average Bonchev–Trinajstić information content (AvgIpc) is 3.21. The van der Waals surface area contributed by atoms with E-state index in [4.69, 9.17) is 4.42 Å². The number of nitrogens with zero attached hydrogens (tertiary/aromatic N) is 2.